The van der Waals surface area contributed by atoms with Crippen LogP contribution in [0, 0.1) is 5.92 Å². The Bertz CT molecular complexity index is 1220. The number of amides is 1. The van der Waals surface area contributed by atoms with E-state index in [0.717, 1.165) is 56.6 Å². The van der Waals surface area contributed by atoms with E-state index in [1.54, 1.807) is 12.1 Å². The Morgan fingerprint density at radius 3 is 2.68 bits per heavy atom. The van der Waals surface area contributed by atoms with E-state index in [2.05, 4.69) is 46.5 Å². The number of carbonyl (C=O) groups is 1. The van der Waals surface area contributed by atoms with Crippen LogP contribution in [0.25, 0.3) is 5.69 Å². The van der Waals surface area contributed by atoms with Crippen LogP contribution in [0.5, 0.6) is 0 Å². The van der Waals surface area contributed by atoms with Crippen LogP contribution in [-0.4, -0.2) is 28.8 Å². The largest absolute Gasteiger partial charge is 0.354 e. The van der Waals surface area contributed by atoms with Crippen molar-refractivity contribution in [2.75, 3.05) is 18.0 Å². The van der Waals surface area contributed by atoms with Gasteiger partial charge in [-0.05, 0) is 73.4 Å². The highest BCUT2D eigenvalue weighted by Crippen LogP contribution is 2.30. The fourth-order valence-electron chi connectivity index (χ4n) is 5.22. The third kappa shape index (κ3) is 4.63. The van der Waals surface area contributed by atoms with Crippen molar-refractivity contribution in [3.63, 3.8) is 0 Å². The Hall–Kier alpha value is -3.41. The maximum absolute atomic E-state index is 13.2. The van der Waals surface area contributed by atoms with E-state index in [1.807, 2.05) is 24.3 Å². The summed E-state index contributed by atoms with van der Waals surface area (Å²) in [4.78, 5) is 27.9. The van der Waals surface area contributed by atoms with Gasteiger partial charge in [0.15, 0.2) is 0 Å². The van der Waals surface area contributed by atoms with Gasteiger partial charge in [-0.25, -0.2) is 0 Å². The first-order valence-electron chi connectivity index (χ1n) is 12.4. The number of rotatable bonds is 5. The summed E-state index contributed by atoms with van der Waals surface area (Å²) in [5.41, 5.74) is 4.43. The summed E-state index contributed by atoms with van der Waals surface area (Å²) in [5, 5.41) is 7.99. The first-order chi connectivity index (χ1) is 16.6. The molecular weight excluding hydrogens is 424 g/mol. The third-order valence-electron chi connectivity index (χ3n) is 7.18. The SMILES string of the molecule is CCc1ccc(-n2nc(N3CCCC(C(=O)NC4CCCc5ccccc54)C3)ccc2=O)cc1. The fraction of sp³-hybridized carbons (Fsp3) is 0.393. The van der Waals surface area contributed by atoms with Crippen molar-refractivity contribution < 1.29 is 4.79 Å². The smallest absolute Gasteiger partial charge is 0.271 e. The number of hydrogen-bond donors (Lipinski definition) is 1. The Morgan fingerprint density at radius 1 is 1.03 bits per heavy atom. The molecule has 1 N–H and O–H groups in total. The van der Waals surface area contributed by atoms with Crippen LogP contribution in [-0.2, 0) is 17.6 Å². The summed E-state index contributed by atoms with van der Waals surface area (Å²) >= 11 is 0. The van der Waals surface area contributed by atoms with Gasteiger partial charge in [-0.3, -0.25) is 9.59 Å². The van der Waals surface area contributed by atoms with E-state index in [-0.39, 0.29) is 23.4 Å². The fourth-order valence-corrected chi connectivity index (χ4v) is 5.22. The summed E-state index contributed by atoms with van der Waals surface area (Å²) in [6.45, 7) is 3.55. The van der Waals surface area contributed by atoms with Gasteiger partial charge in [0.25, 0.3) is 5.56 Å². The molecule has 1 aliphatic heterocycles. The second-order valence-corrected chi connectivity index (χ2v) is 9.40. The molecule has 1 aliphatic carbocycles. The summed E-state index contributed by atoms with van der Waals surface area (Å²) in [5.74, 6) is 0.767. The monoisotopic (exact) mass is 456 g/mol. The zero-order valence-electron chi connectivity index (χ0n) is 19.7. The first-order valence-corrected chi connectivity index (χ1v) is 12.4. The van der Waals surface area contributed by atoms with Crippen molar-refractivity contribution in [1.82, 2.24) is 15.1 Å². The van der Waals surface area contributed by atoms with Gasteiger partial charge in [-0.15, -0.1) is 5.10 Å². The molecule has 2 unspecified atom stereocenters. The minimum absolute atomic E-state index is 0.0890. The lowest BCUT2D eigenvalue weighted by atomic mass is 9.87. The average Bonchev–Trinajstić information content (AvgIpc) is 2.89. The number of aromatic nitrogens is 2. The Labute approximate surface area is 200 Å². The molecule has 6 nitrogen and oxygen atoms in total. The van der Waals surface area contributed by atoms with E-state index in [0.29, 0.717) is 6.54 Å². The normalized spacial score (nSPS) is 20.0. The highest BCUT2D eigenvalue weighted by Gasteiger charge is 2.30. The predicted octanol–water partition coefficient (Wildman–Crippen LogP) is 4.21. The second kappa shape index (κ2) is 9.84. The molecule has 0 spiro atoms. The minimum Gasteiger partial charge on any atom is -0.354 e. The molecule has 34 heavy (non-hydrogen) atoms. The first kappa shape index (κ1) is 22.4. The van der Waals surface area contributed by atoms with Gasteiger partial charge in [-0.2, -0.15) is 4.68 Å². The summed E-state index contributed by atoms with van der Waals surface area (Å²) < 4.78 is 1.46. The number of piperidine rings is 1. The van der Waals surface area contributed by atoms with Gasteiger partial charge in [0, 0.05) is 19.2 Å². The highest BCUT2D eigenvalue weighted by molar-refractivity contribution is 5.80. The van der Waals surface area contributed by atoms with E-state index >= 15 is 0 Å². The van der Waals surface area contributed by atoms with Crippen molar-refractivity contribution in [2.45, 2.75) is 51.5 Å². The summed E-state index contributed by atoms with van der Waals surface area (Å²) in [6, 6.07) is 19.8. The lowest BCUT2D eigenvalue weighted by Gasteiger charge is -2.34. The van der Waals surface area contributed by atoms with E-state index in [4.69, 9.17) is 0 Å². The van der Waals surface area contributed by atoms with E-state index in [9.17, 15) is 9.59 Å². The number of benzene rings is 2. The number of fused-ring (bicyclic) bond motifs is 1. The van der Waals surface area contributed by atoms with Gasteiger partial charge in [0.05, 0.1) is 17.6 Å². The molecule has 176 valence electrons. The number of aryl methyl sites for hydroxylation is 2. The van der Waals surface area contributed by atoms with Crippen molar-refractivity contribution in [1.29, 1.82) is 0 Å². The quantitative estimate of drug-likeness (QED) is 0.625. The molecule has 1 fully saturated rings. The number of nitrogens with one attached hydrogen (secondary N) is 1. The molecule has 0 bridgehead atoms. The minimum atomic E-state index is -0.157. The number of nitrogens with zero attached hydrogens (tertiary/aromatic N) is 3. The van der Waals surface area contributed by atoms with Gasteiger partial charge < -0.3 is 10.2 Å². The maximum Gasteiger partial charge on any atom is 0.271 e. The molecule has 0 radical (unpaired) electrons. The van der Waals surface area contributed by atoms with Crippen molar-refractivity contribution >= 4 is 11.7 Å². The predicted molar refractivity (Wildman–Crippen MR) is 134 cm³/mol. The Balaban J connectivity index is 1.31. The van der Waals surface area contributed by atoms with Crippen LogP contribution in [0.15, 0.2) is 65.5 Å². The van der Waals surface area contributed by atoms with Crippen LogP contribution in [0.1, 0.15) is 55.3 Å². The lowest BCUT2D eigenvalue weighted by molar-refractivity contribution is -0.126. The number of anilines is 1. The zero-order chi connectivity index (χ0) is 23.5. The molecule has 6 heteroatoms. The zero-order valence-corrected chi connectivity index (χ0v) is 19.7. The van der Waals surface area contributed by atoms with Crippen molar-refractivity contribution in [3.8, 4) is 5.69 Å². The van der Waals surface area contributed by atoms with Crippen molar-refractivity contribution in [3.05, 3.63) is 87.7 Å². The topological polar surface area (TPSA) is 67.2 Å². The molecule has 1 amide bonds. The van der Waals surface area contributed by atoms with Crippen LogP contribution >= 0.6 is 0 Å². The average molecular weight is 457 g/mol. The van der Waals surface area contributed by atoms with Crippen LogP contribution in [0.4, 0.5) is 5.82 Å². The second-order valence-electron chi connectivity index (χ2n) is 9.40. The molecule has 3 aromatic rings. The lowest BCUT2D eigenvalue weighted by Crippen LogP contribution is -2.45. The number of carbonyl (C=O) groups excluding carboxylic acids is 1. The van der Waals surface area contributed by atoms with Crippen LogP contribution in [0.3, 0.4) is 0 Å². The molecule has 1 aromatic heterocycles. The van der Waals surface area contributed by atoms with Crippen LogP contribution in [0.2, 0.25) is 0 Å². The third-order valence-corrected chi connectivity index (χ3v) is 7.18. The summed E-state index contributed by atoms with van der Waals surface area (Å²) in [7, 11) is 0. The van der Waals surface area contributed by atoms with E-state index in [1.165, 1.54) is 21.4 Å². The van der Waals surface area contributed by atoms with Crippen molar-refractivity contribution in [2.24, 2.45) is 5.92 Å². The highest BCUT2D eigenvalue weighted by atomic mass is 16.2. The van der Waals surface area contributed by atoms with Gasteiger partial charge >= 0.3 is 0 Å². The molecule has 1 saturated heterocycles. The molecule has 2 heterocycles. The van der Waals surface area contributed by atoms with Gasteiger partial charge in [-0.1, -0.05) is 43.3 Å². The Morgan fingerprint density at radius 2 is 1.85 bits per heavy atom. The van der Waals surface area contributed by atoms with Crippen LogP contribution < -0.4 is 15.8 Å². The van der Waals surface area contributed by atoms with E-state index < -0.39 is 0 Å². The maximum atomic E-state index is 13.2. The van der Waals surface area contributed by atoms with Gasteiger partial charge in [0.1, 0.15) is 5.82 Å². The molecule has 2 aliphatic rings. The molecule has 5 rings (SSSR count). The number of hydrogen-bond acceptors (Lipinski definition) is 4. The van der Waals surface area contributed by atoms with Gasteiger partial charge in [0.2, 0.25) is 5.91 Å². The molecule has 2 atom stereocenters. The molecule has 0 saturated carbocycles. The Kier molecular flexibility index (Phi) is 6.48. The molecule has 2 aromatic carbocycles. The summed E-state index contributed by atoms with van der Waals surface area (Å²) in [6.07, 6.45) is 5.92. The molecular formula is C28H32N4O2. The standard InChI is InChI=1S/C28H32N4O2/c1-2-20-12-14-23(15-13-20)32-27(33)17-16-26(30-32)31-18-6-9-22(19-31)28(34)29-25-11-5-8-21-7-3-4-10-24(21)25/h3-4,7,10,12-17,22,25H,2,5-6,8-9,11,18-19H2,1H3,(H,29,34).